The molecule has 0 saturated carbocycles. The van der Waals surface area contributed by atoms with Crippen molar-refractivity contribution < 1.29 is 4.74 Å². The average Bonchev–Trinajstić information content (AvgIpc) is 2.51. The molecule has 4 heteroatoms. The van der Waals surface area contributed by atoms with Crippen LogP contribution in [0.3, 0.4) is 0 Å². The molecule has 3 aromatic rings. The van der Waals surface area contributed by atoms with E-state index in [1.807, 2.05) is 49.4 Å². The Morgan fingerprint density at radius 3 is 2.76 bits per heavy atom. The molecule has 1 heterocycles. The highest BCUT2D eigenvalue weighted by atomic mass is 16.5. The first-order valence-electron chi connectivity index (χ1n) is 6.74. The lowest BCUT2D eigenvalue weighted by Gasteiger charge is -2.13. The summed E-state index contributed by atoms with van der Waals surface area (Å²) in [5.41, 5.74) is 10.8. The number of nitrogens with one attached hydrogen (secondary N) is 1. The summed E-state index contributed by atoms with van der Waals surface area (Å²) in [7, 11) is 1.67. The van der Waals surface area contributed by atoms with E-state index >= 15 is 0 Å². The van der Waals surface area contributed by atoms with Gasteiger partial charge in [0.05, 0.1) is 24.0 Å². The Labute approximate surface area is 123 Å². The number of fused-ring (bicyclic) bond motifs is 1. The van der Waals surface area contributed by atoms with Gasteiger partial charge in [0, 0.05) is 17.3 Å². The zero-order valence-electron chi connectivity index (χ0n) is 12.1. The highest BCUT2D eigenvalue weighted by Gasteiger charge is 2.06. The molecule has 0 atom stereocenters. The van der Waals surface area contributed by atoms with Crippen molar-refractivity contribution in [3.63, 3.8) is 0 Å². The highest BCUT2D eigenvalue weighted by molar-refractivity contribution is 5.97. The summed E-state index contributed by atoms with van der Waals surface area (Å²) < 4.78 is 5.27. The molecular weight excluding hydrogens is 262 g/mol. The number of methoxy groups -OCH3 is 1. The summed E-state index contributed by atoms with van der Waals surface area (Å²) in [4.78, 5) is 4.30. The minimum absolute atomic E-state index is 0.703. The molecule has 0 radical (unpaired) electrons. The standard InChI is InChI=1S/C17H17N3O/c1-11-10-12(5-8-16(11)21-2)20-15-7-6-14-13(17(15)18)4-3-9-19-14/h3-10,20H,18H2,1-2H3. The van der Waals surface area contributed by atoms with Crippen LogP contribution in [0.4, 0.5) is 17.1 Å². The van der Waals surface area contributed by atoms with E-state index in [0.717, 1.165) is 33.6 Å². The van der Waals surface area contributed by atoms with E-state index in [1.54, 1.807) is 13.3 Å². The van der Waals surface area contributed by atoms with Crippen molar-refractivity contribution >= 4 is 28.0 Å². The zero-order valence-corrected chi connectivity index (χ0v) is 12.1. The van der Waals surface area contributed by atoms with Crippen LogP contribution in [0.5, 0.6) is 5.75 Å². The molecular formula is C17H17N3O. The smallest absolute Gasteiger partial charge is 0.121 e. The predicted octanol–water partition coefficient (Wildman–Crippen LogP) is 3.88. The number of nitrogen functional groups attached to an aromatic ring is 1. The van der Waals surface area contributed by atoms with Crippen LogP contribution in [-0.4, -0.2) is 12.1 Å². The Kier molecular flexibility index (Phi) is 3.36. The van der Waals surface area contributed by atoms with Crippen molar-refractivity contribution in [2.45, 2.75) is 6.92 Å². The summed E-state index contributed by atoms with van der Waals surface area (Å²) >= 11 is 0. The van der Waals surface area contributed by atoms with Crippen LogP contribution in [0.2, 0.25) is 0 Å². The number of ether oxygens (including phenoxy) is 1. The van der Waals surface area contributed by atoms with Gasteiger partial charge < -0.3 is 15.8 Å². The lowest BCUT2D eigenvalue weighted by Crippen LogP contribution is -1.98. The van der Waals surface area contributed by atoms with Gasteiger partial charge in [0.15, 0.2) is 0 Å². The topological polar surface area (TPSA) is 60.2 Å². The molecule has 0 unspecified atom stereocenters. The van der Waals surface area contributed by atoms with Crippen molar-refractivity contribution in [2.75, 3.05) is 18.2 Å². The van der Waals surface area contributed by atoms with E-state index in [1.165, 1.54) is 0 Å². The second kappa shape index (κ2) is 5.32. The Morgan fingerprint density at radius 2 is 2.00 bits per heavy atom. The number of hydrogen-bond acceptors (Lipinski definition) is 4. The van der Waals surface area contributed by atoms with Gasteiger partial charge in [0.1, 0.15) is 5.75 Å². The van der Waals surface area contributed by atoms with Gasteiger partial charge in [0.25, 0.3) is 0 Å². The van der Waals surface area contributed by atoms with Gasteiger partial charge in [-0.1, -0.05) is 0 Å². The zero-order chi connectivity index (χ0) is 14.8. The van der Waals surface area contributed by atoms with Gasteiger partial charge in [-0.25, -0.2) is 0 Å². The minimum Gasteiger partial charge on any atom is -0.496 e. The largest absolute Gasteiger partial charge is 0.496 e. The van der Waals surface area contributed by atoms with E-state index in [4.69, 9.17) is 10.5 Å². The van der Waals surface area contributed by atoms with Crippen LogP contribution in [0, 0.1) is 6.92 Å². The molecule has 0 aliphatic heterocycles. The van der Waals surface area contributed by atoms with Crippen molar-refractivity contribution in [2.24, 2.45) is 0 Å². The quantitative estimate of drug-likeness (QED) is 0.714. The van der Waals surface area contributed by atoms with Gasteiger partial charge >= 0.3 is 0 Å². The van der Waals surface area contributed by atoms with E-state index in [0.29, 0.717) is 5.69 Å². The number of benzene rings is 2. The molecule has 0 bridgehead atoms. The molecule has 3 N–H and O–H groups in total. The summed E-state index contributed by atoms with van der Waals surface area (Å²) in [6.45, 7) is 2.01. The summed E-state index contributed by atoms with van der Waals surface area (Å²) in [5, 5.41) is 4.30. The lowest BCUT2D eigenvalue weighted by molar-refractivity contribution is 0.412. The van der Waals surface area contributed by atoms with E-state index in [2.05, 4.69) is 10.3 Å². The van der Waals surface area contributed by atoms with Crippen LogP contribution >= 0.6 is 0 Å². The second-order valence-electron chi connectivity index (χ2n) is 4.91. The summed E-state index contributed by atoms with van der Waals surface area (Å²) in [6.07, 6.45) is 1.77. The number of hydrogen-bond donors (Lipinski definition) is 2. The van der Waals surface area contributed by atoms with E-state index in [-0.39, 0.29) is 0 Å². The molecule has 0 spiro atoms. The third-order valence-corrected chi connectivity index (χ3v) is 3.50. The Morgan fingerprint density at radius 1 is 1.14 bits per heavy atom. The van der Waals surface area contributed by atoms with Gasteiger partial charge in [-0.05, 0) is 55.0 Å². The first-order valence-corrected chi connectivity index (χ1v) is 6.74. The first-order chi connectivity index (χ1) is 10.2. The van der Waals surface area contributed by atoms with Gasteiger partial charge in [-0.3, -0.25) is 4.98 Å². The van der Waals surface area contributed by atoms with Gasteiger partial charge in [-0.2, -0.15) is 0 Å². The fourth-order valence-corrected chi connectivity index (χ4v) is 2.40. The number of nitrogens with two attached hydrogens (primary N) is 1. The number of nitrogens with zero attached hydrogens (tertiary/aromatic N) is 1. The van der Waals surface area contributed by atoms with E-state index in [9.17, 15) is 0 Å². The average molecular weight is 279 g/mol. The van der Waals surface area contributed by atoms with Crippen molar-refractivity contribution in [1.29, 1.82) is 0 Å². The van der Waals surface area contributed by atoms with Crippen LogP contribution in [0.25, 0.3) is 10.9 Å². The molecule has 0 aliphatic carbocycles. The number of anilines is 3. The number of pyridine rings is 1. The maximum absolute atomic E-state index is 6.23. The number of rotatable bonds is 3. The maximum Gasteiger partial charge on any atom is 0.121 e. The molecule has 0 aliphatic rings. The maximum atomic E-state index is 6.23. The van der Waals surface area contributed by atoms with Crippen molar-refractivity contribution in [1.82, 2.24) is 4.98 Å². The molecule has 3 rings (SSSR count). The summed E-state index contributed by atoms with van der Waals surface area (Å²) in [6, 6.07) is 13.7. The Balaban J connectivity index is 1.98. The highest BCUT2D eigenvalue weighted by Crippen LogP contribution is 2.31. The van der Waals surface area contributed by atoms with E-state index < -0.39 is 0 Å². The third kappa shape index (κ3) is 2.48. The van der Waals surface area contributed by atoms with Crippen LogP contribution in [0.15, 0.2) is 48.7 Å². The van der Waals surface area contributed by atoms with Crippen LogP contribution in [0.1, 0.15) is 5.56 Å². The molecule has 4 nitrogen and oxygen atoms in total. The normalized spacial score (nSPS) is 10.6. The molecule has 0 fully saturated rings. The van der Waals surface area contributed by atoms with Crippen LogP contribution < -0.4 is 15.8 Å². The molecule has 1 aromatic heterocycles. The van der Waals surface area contributed by atoms with Crippen molar-refractivity contribution in [3.8, 4) is 5.75 Å². The van der Waals surface area contributed by atoms with Gasteiger partial charge in [0.2, 0.25) is 0 Å². The first kappa shape index (κ1) is 13.2. The molecule has 2 aromatic carbocycles. The molecule has 0 saturated heterocycles. The van der Waals surface area contributed by atoms with Gasteiger partial charge in [-0.15, -0.1) is 0 Å². The lowest BCUT2D eigenvalue weighted by atomic mass is 10.1. The Bertz CT molecular complexity index is 799. The SMILES string of the molecule is COc1ccc(Nc2ccc3ncccc3c2N)cc1C. The fraction of sp³-hybridized carbons (Fsp3) is 0.118. The minimum atomic E-state index is 0.703. The molecule has 106 valence electrons. The fourth-order valence-electron chi connectivity index (χ4n) is 2.40. The second-order valence-corrected chi connectivity index (χ2v) is 4.91. The number of aryl methyl sites for hydroxylation is 1. The molecule has 21 heavy (non-hydrogen) atoms. The monoisotopic (exact) mass is 279 g/mol. The predicted molar refractivity (Wildman–Crippen MR) is 87.2 cm³/mol. The Hall–Kier alpha value is -2.75. The number of aromatic nitrogens is 1. The summed E-state index contributed by atoms with van der Waals surface area (Å²) in [5.74, 6) is 0.872. The van der Waals surface area contributed by atoms with Crippen molar-refractivity contribution in [3.05, 3.63) is 54.2 Å². The third-order valence-electron chi connectivity index (χ3n) is 3.50. The molecule has 0 amide bonds. The van der Waals surface area contributed by atoms with Crippen LogP contribution in [-0.2, 0) is 0 Å².